The molecule has 3 nitrogen and oxygen atoms in total. The maximum atomic E-state index is 13.4. The Labute approximate surface area is 132 Å². The fourth-order valence-corrected chi connectivity index (χ4v) is 3.16. The van der Waals surface area contributed by atoms with Gasteiger partial charge in [-0.2, -0.15) is 0 Å². The molecule has 1 aliphatic heterocycles. The second-order valence-corrected chi connectivity index (χ2v) is 5.97. The van der Waals surface area contributed by atoms with E-state index in [1.165, 1.54) is 12.1 Å². The highest BCUT2D eigenvalue weighted by molar-refractivity contribution is 7.99. The van der Waals surface area contributed by atoms with Gasteiger partial charge in [0.25, 0.3) is 0 Å². The second kappa shape index (κ2) is 6.66. The molecule has 0 atom stereocenters. The summed E-state index contributed by atoms with van der Waals surface area (Å²) in [5.41, 5.74) is 8.03. The van der Waals surface area contributed by atoms with Crippen molar-refractivity contribution in [1.29, 1.82) is 0 Å². The molecule has 22 heavy (non-hydrogen) atoms. The Morgan fingerprint density at radius 2 is 2.00 bits per heavy atom. The molecule has 1 amide bonds. The number of hydrazine groups is 1. The van der Waals surface area contributed by atoms with Crippen LogP contribution in [0, 0.1) is 5.82 Å². The Kier molecular flexibility index (Phi) is 4.44. The van der Waals surface area contributed by atoms with Gasteiger partial charge in [0.15, 0.2) is 0 Å². The van der Waals surface area contributed by atoms with Gasteiger partial charge in [0.1, 0.15) is 5.82 Å². The molecule has 0 unspecified atom stereocenters. The molecule has 0 saturated carbocycles. The summed E-state index contributed by atoms with van der Waals surface area (Å²) in [6.07, 6.45) is 2.24. The fourth-order valence-electron chi connectivity index (χ4n) is 2.24. The average Bonchev–Trinajstić information content (AvgIpc) is 2.54. The zero-order valence-corrected chi connectivity index (χ0v) is 12.6. The standard InChI is InChI=1S/C17H15FN2OS/c18-13-6-7-16-14(11-13)15(8-9-22-16)19-20-17(21)10-12-4-2-1-3-5-12/h1-8,11,19H,9-10H2,(H,20,21). The molecule has 1 aliphatic rings. The molecule has 3 rings (SSSR count). The predicted molar refractivity (Wildman–Crippen MR) is 86.5 cm³/mol. The van der Waals surface area contributed by atoms with Crippen LogP contribution in [0.1, 0.15) is 11.1 Å². The van der Waals surface area contributed by atoms with Crippen molar-refractivity contribution in [1.82, 2.24) is 10.9 Å². The van der Waals surface area contributed by atoms with Gasteiger partial charge >= 0.3 is 0 Å². The molecule has 2 aromatic carbocycles. The van der Waals surface area contributed by atoms with E-state index in [9.17, 15) is 9.18 Å². The highest BCUT2D eigenvalue weighted by atomic mass is 32.2. The molecule has 2 N–H and O–H groups in total. The van der Waals surface area contributed by atoms with Crippen molar-refractivity contribution in [2.75, 3.05) is 5.75 Å². The molecule has 0 radical (unpaired) electrons. The summed E-state index contributed by atoms with van der Waals surface area (Å²) in [5.74, 6) is 0.364. The van der Waals surface area contributed by atoms with E-state index in [0.29, 0.717) is 6.42 Å². The normalized spacial score (nSPS) is 13.0. The van der Waals surface area contributed by atoms with Gasteiger partial charge < -0.3 is 0 Å². The molecule has 0 aliphatic carbocycles. The molecule has 0 bridgehead atoms. The number of fused-ring (bicyclic) bond motifs is 1. The summed E-state index contributed by atoms with van der Waals surface area (Å²) in [5, 5.41) is 0. The number of halogens is 1. The quantitative estimate of drug-likeness (QED) is 0.852. The number of thioether (sulfide) groups is 1. The third-order valence-electron chi connectivity index (χ3n) is 3.30. The van der Waals surface area contributed by atoms with E-state index in [-0.39, 0.29) is 11.7 Å². The van der Waals surface area contributed by atoms with Crippen LogP contribution >= 0.6 is 11.8 Å². The van der Waals surface area contributed by atoms with Gasteiger partial charge in [0.2, 0.25) is 5.91 Å². The number of rotatable bonds is 4. The van der Waals surface area contributed by atoms with E-state index in [1.54, 1.807) is 17.8 Å². The zero-order chi connectivity index (χ0) is 15.4. The monoisotopic (exact) mass is 314 g/mol. The summed E-state index contributed by atoms with van der Waals surface area (Å²) < 4.78 is 13.4. The SMILES string of the molecule is O=C(Cc1ccccc1)NNC1=CCSc2ccc(F)cc21. The van der Waals surface area contributed by atoms with Crippen LogP contribution in [-0.4, -0.2) is 11.7 Å². The van der Waals surface area contributed by atoms with E-state index in [0.717, 1.165) is 27.5 Å². The Hall–Kier alpha value is -2.27. The highest BCUT2D eigenvalue weighted by Gasteiger charge is 2.14. The van der Waals surface area contributed by atoms with Crippen LogP contribution in [0.3, 0.4) is 0 Å². The minimum absolute atomic E-state index is 0.136. The van der Waals surface area contributed by atoms with Crippen LogP contribution in [0.5, 0.6) is 0 Å². The summed E-state index contributed by atoms with van der Waals surface area (Å²) in [7, 11) is 0. The fraction of sp³-hybridized carbons (Fsp3) is 0.118. The Morgan fingerprint density at radius 3 is 2.82 bits per heavy atom. The topological polar surface area (TPSA) is 41.1 Å². The number of benzene rings is 2. The summed E-state index contributed by atoms with van der Waals surface area (Å²) in [6, 6.07) is 14.2. The highest BCUT2D eigenvalue weighted by Crippen LogP contribution is 2.32. The predicted octanol–water partition coefficient (Wildman–Crippen LogP) is 3.14. The first-order valence-electron chi connectivity index (χ1n) is 6.94. The number of carbonyl (C=O) groups is 1. The maximum Gasteiger partial charge on any atom is 0.242 e. The van der Waals surface area contributed by atoms with Gasteiger partial charge in [-0.15, -0.1) is 11.8 Å². The molecule has 0 fully saturated rings. The Morgan fingerprint density at radius 1 is 1.18 bits per heavy atom. The summed E-state index contributed by atoms with van der Waals surface area (Å²) in [4.78, 5) is 13.0. The van der Waals surface area contributed by atoms with Crippen LogP contribution < -0.4 is 10.9 Å². The molecule has 5 heteroatoms. The maximum absolute atomic E-state index is 13.4. The average molecular weight is 314 g/mol. The lowest BCUT2D eigenvalue weighted by atomic mass is 10.1. The summed E-state index contributed by atoms with van der Waals surface area (Å²) in [6.45, 7) is 0. The van der Waals surface area contributed by atoms with Gasteiger partial charge in [-0.1, -0.05) is 30.3 Å². The van der Waals surface area contributed by atoms with Gasteiger partial charge in [-0.05, 0) is 29.8 Å². The van der Waals surface area contributed by atoms with Gasteiger partial charge in [-0.25, -0.2) is 4.39 Å². The minimum atomic E-state index is -0.287. The van der Waals surface area contributed by atoms with Crippen molar-refractivity contribution < 1.29 is 9.18 Å². The number of nitrogens with one attached hydrogen (secondary N) is 2. The molecular formula is C17H15FN2OS. The van der Waals surface area contributed by atoms with Crippen LogP contribution in [-0.2, 0) is 11.2 Å². The van der Waals surface area contributed by atoms with Gasteiger partial charge in [0, 0.05) is 16.2 Å². The number of hydrogen-bond acceptors (Lipinski definition) is 3. The van der Waals surface area contributed by atoms with E-state index in [4.69, 9.17) is 0 Å². The van der Waals surface area contributed by atoms with Crippen molar-refractivity contribution in [3.05, 3.63) is 71.6 Å². The molecule has 0 saturated heterocycles. The Balaban J connectivity index is 1.64. The molecular weight excluding hydrogens is 299 g/mol. The first-order chi connectivity index (χ1) is 10.7. The number of amides is 1. The largest absolute Gasteiger partial charge is 0.298 e. The lowest BCUT2D eigenvalue weighted by Gasteiger charge is -2.19. The molecule has 2 aromatic rings. The van der Waals surface area contributed by atoms with Crippen molar-refractivity contribution in [2.24, 2.45) is 0 Å². The minimum Gasteiger partial charge on any atom is -0.298 e. The third kappa shape index (κ3) is 3.49. The van der Waals surface area contributed by atoms with Gasteiger partial charge in [-0.3, -0.25) is 15.6 Å². The Bertz CT molecular complexity index is 716. The third-order valence-corrected chi connectivity index (χ3v) is 4.30. The van der Waals surface area contributed by atoms with Crippen molar-refractivity contribution in [2.45, 2.75) is 11.3 Å². The van der Waals surface area contributed by atoms with Crippen LogP contribution in [0.25, 0.3) is 5.70 Å². The van der Waals surface area contributed by atoms with Crippen molar-refractivity contribution in [3.63, 3.8) is 0 Å². The van der Waals surface area contributed by atoms with Crippen molar-refractivity contribution in [3.8, 4) is 0 Å². The van der Waals surface area contributed by atoms with E-state index >= 15 is 0 Å². The van der Waals surface area contributed by atoms with Gasteiger partial charge in [0.05, 0.1) is 12.1 Å². The lowest BCUT2D eigenvalue weighted by molar-refractivity contribution is -0.121. The van der Waals surface area contributed by atoms with E-state index in [1.807, 2.05) is 36.4 Å². The van der Waals surface area contributed by atoms with E-state index < -0.39 is 0 Å². The molecule has 0 spiro atoms. The molecule has 0 aromatic heterocycles. The first kappa shape index (κ1) is 14.7. The number of hydrogen-bond donors (Lipinski definition) is 2. The van der Waals surface area contributed by atoms with Crippen LogP contribution in [0.2, 0.25) is 0 Å². The summed E-state index contributed by atoms with van der Waals surface area (Å²) >= 11 is 1.64. The molecule has 1 heterocycles. The number of carbonyl (C=O) groups excluding carboxylic acids is 1. The molecule has 112 valence electrons. The zero-order valence-electron chi connectivity index (χ0n) is 11.8. The van der Waals surface area contributed by atoms with Crippen LogP contribution in [0.4, 0.5) is 4.39 Å². The second-order valence-electron chi connectivity index (χ2n) is 4.90. The van der Waals surface area contributed by atoms with Crippen LogP contribution in [0.15, 0.2) is 59.5 Å². The van der Waals surface area contributed by atoms with Crippen molar-refractivity contribution >= 4 is 23.4 Å². The lowest BCUT2D eigenvalue weighted by Crippen LogP contribution is -2.37. The van der Waals surface area contributed by atoms with E-state index in [2.05, 4.69) is 10.9 Å². The smallest absolute Gasteiger partial charge is 0.242 e. The first-order valence-corrected chi connectivity index (χ1v) is 7.92.